The molecule has 0 unspecified atom stereocenters. The normalized spacial score (nSPS) is 17.8. The van der Waals surface area contributed by atoms with Crippen molar-refractivity contribution in [2.75, 3.05) is 26.2 Å². The van der Waals surface area contributed by atoms with E-state index in [1.807, 2.05) is 0 Å². The molecule has 1 N–H and O–H groups in total. The van der Waals surface area contributed by atoms with Crippen LogP contribution in [0.1, 0.15) is 65.2 Å². The summed E-state index contributed by atoms with van der Waals surface area (Å²) in [6, 6.07) is 0.647. The second kappa shape index (κ2) is 9.90. The lowest BCUT2D eigenvalue weighted by Gasteiger charge is -2.26. The largest absolute Gasteiger partial charge is 0.315 e. The number of nitrogens with zero attached hydrogens (tertiary/aromatic N) is 1. The van der Waals surface area contributed by atoms with Gasteiger partial charge in [-0.1, -0.05) is 39.5 Å². The minimum Gasteiger partial charge on any atom is -0.315 e. The van der Waals surface area contributed by atoms with Gasteiger partial charge in [0.05, 0.1) is 0 Å². The third kappa shape index (κ3) is 8.62. The molecule has 0 atom stereocenters. The maximum atomic E-state index is 3.48. The standard InChI is InChI=1S/C15H32N2/c1-15(2)16-11-7-4-3-5-8-12-17-13-9-6-10-14-17/h15-16H,3-14H2,1-2H3. The van der Waals surface area contributed by atoms with Crippen LogP contribution in [0, 0.1) is 0 Å². The van der Waals surface area contributed by atoms with Crippen LogP contribution in [-0.4, -0.2) is 37.1 Å². The van der Waals surface area contributed by atoms with E-state index in [2.05, 4.69) is 24.1 Å². The van der Waals surface area contributed by atoms with Crippen molar-refractivity contribution >= 4 is 0 Å². The van der Waals surface area contributed by atoms with Gasteiger partial charge in [0, 0.05) is 6.04 Å². The van der Waals surface area contributed by atoms with Crippen molar-refractivity contribution in [2.24, 2.45) is 0 Å². The quantitative estimate of drug-likeness (QED) is 0.621. The van der Waals surface area contributed by atoms with E-state index in [0.717, 1.165) is 0 Å². The maximum Gasteiger partial charge on any atom is 0.00103 e. The topological polar surface area (TPSA) is 15.3 Å². The van der Waals surface area contributed by atoms with Gasteiger partial charge in [0.1, 0.15) is 0 Å². The molecule has 1 aliphatic heterocycles. The van der Waals surface area contributed by atoms with Gasteiger partial charge in [0.2, 0.25) is 0 Å². The van der Waals surface area contributed by atoms with Crippen molar-refractivity contribution in [3.63, 3.8) is 0 Å². The Kier molecular flexibility index (Phi) is 8.72. The highest BCUT2D eigenvalue weighted by molar-refractivity contribution is 4.64. The third-order valence-electron chi connectivity index (χ3n) is 3.65. The Morgan fingerprint density at radius 1 is 0.882 bits per heavy atom. The Morgan fingerprint density at radius 3 is 2.24 bits per heavy atom. The van der Waals surface area contributed by atoms with Crippen LogP contribution in [0.2, 0.25) is 0 Å². The van der Waals surface area contributed by atoms with Gasteiger partial charge in [-0.3, -0.25) is 0 Å². The van der Waals surface area contributed by atoms with Gasteiger partial charge in [-0.15, -0.1) is 0 Å². The zero-order valence-electron chi connectivity index (χ0n) is 12.0. The fourth-order valence-electron chi connectivity index (χ4n) is 2.56. The summed E-state index contributed by atoms with van der Waals surface area (Å²) >= 11 is 0. The summed E-state index contributed by atoms with van der Waals surface area (Å²) in [6.07, 6.45) is 11.3. The van der Waals surface area contributed by atoms with E-state index in [0.29, 0.717) is 6.04 Å². The molecule has 0 bridgehead atoms. The second-order valence-corrected chi connectivity index (χ2v) is 5.78. The monoisotopic (exact) mass is 240 g/mol. The fraction of sp³-hybridized carbons (Fsp3) is 1.00. The molecule has 0 aliphatic carbocycles. The summed E-state index contributed by atoms with van der Waals surface area (Å²) < 4.78 is 0. The Hall–Kier alpha value is -0.0800. The Balaban J connectivity index is 1.78. The first-order valence-electron chi connectivity index (χ1n) is 7.75. The Bertz CT molecular complexity index is 162. The average molecular weight is 240 g/mol. The zero-order chi connectivity index (χ0) is 12.3. The van der Waals surface area contributed by atoms with Crippen LogP contribution >= 0.6 is 0 Å². The summed E-state index contributed by atoms with van der Waals surface area (Å²) in [4.78, 5) is 2.66. The van der Waals surface area contributed by atoms with E-state index >= 15 is 0 Å². The number of unbranched alkanes of at least 4 members (excludes halogenated alkanes) is 4. The summed E-state index contributed by atoms with van der Waals surface area (Å²) in [5.74, 6) is 0. The molecule has 1 fully saturated rings. The zero-order valence-corrected chi connectivity index (χ0v) is 12.0. The highest BCUT2D eigenvalue weighted by Crippen LogP contribution is 2.10. The lowest BCUT2D eigenvalue weighted by molar-refractivity contribution is 0.224. The van der Waals surface area contributed by atoms with Gasteiger partial charge >= 0.3 is 0 Å². The van der Waals surface area contributed by atoms with Crippen LogP contribution < -0.4 is 5.32 Å². The van der Waals surface area contributed by atoms with Gasteiger partial charge in [-0.25, -0.2) is 0 Å². The minimum atomic E-state index is 0.647. The van der Waals surface area contributed by atoms with Crippen molar-refractivity contribution in [2.45, 2.75) is 71.3 Å². The van der Waals surface area contributed by atoms with Gasteiger partial charge in [0.15, 0.2) is 0 Å². The molecule has 2 heteroatoms. The van der Waals surface area contributed by atoms with E-state index in [-0.39, 0.29) is 0 Å². The van der Waals surface area contributed by atoms with Gasteiger partial charge in [-0.05, 0) is 51.9 Å². The van der Waals surface area contributed by atoms with Gasteiger partial charge in [0.25, 0.3) is 0 Å². The summed E-state index contributed by atoms with van der Waals surface area (Å²) in [6.45, 7) is 9.71. The van der Waals surface area contributed by atoms with Gasteiger partial charge in [-0.2, -0.15) is 0 Å². The van der Waals surface area contributed by atoms with Crippen LogP contribution in [0.4, 0.5) is 0 Å². The highest BCUT2D eigenvalue weighted by atomic mass is 15.1. The third-order valence-corrected chi connectivity index (χ3v) is 3.65. The predicted octanol–water partition coefficient (Wildman–Crippen LogP) is 3.42. The number of likely N-dealkylation sites (tertiary alicyclic amines) is 1. The molecule has 2 nitrogen and oxygen atoms in total. The molecular formula is C15H32N2. The lowest BCUT2D eigenvalue weighted by Crippen LogP contribution is -2.30. The van der Waals surface area contributed by atoms with Crippen LogP contribution in [0.15, 0.2) is 0 Å². The molecular weight excluding hydrogens is 208 g/mol. The van der Waals surface area contributed by atoms with Crippen molar-refractivity contribution < 1.29 is 0 Å². The molecule has 102 valence electrons. The molecule has 0 spiro atoms. The van der Waals surface area contributed by atoms with Crippen molar-refractivity contribution in [3.05, 3.63) is 0 Å². The van der Waals surface area contributed by atoms with E-state index in [1.165, 1.54) is 77.5 Å². The molecule has 0 aromatic rings. The molecule has 1 heterocycles. The molecule has 1 saturated heterocycles. The number of hydrogen-bond acceptors (Lipinski definition) is 2. The van der Waals surface area contributed by atoms with E-state index in [1.54, 1.807) is 0 Å². The summed E-state index contributed by atoms with van der Waals surface area (Å²) in [5, 5.41) is 3.48. The van der Waals surface area contributed by atoms with Crippen LogP contribution in [-0.2, 0) is 0 Å². The molecule has 0 aromatic heterocycles. The molecule has 1 rings (SSSR count). The van der Waals surface area contributed by atoms with Crippen LogP contribution in [0.5, 0.6) is 0 Å². The molecule has 17 heavy (non-hydrogen) atoms. The predicted molar refractivity (Wildman–Crippen MR) is 76.5 cm³/mol. The number of piperidine rings is 1. The van der Waals surface area contributed by atoms with E-state index < -0.39 is 0 Å². The fourth-order valence-corrected chi connectivity index (χ4v) is 2.56. The smallest absolute Gasteiger partial charge is 0.00103 e. The molecule has 0 aromatic carbocycles. The van der Waals surface area contributed by atoms with E-state index in [4.69, 9.17) is 0 Å². The van der Waals surface area contributed by atoms with Crippen LogP contribution in [0.25, 0.3) is 0 Å². The first-order valence-corrected chi connectivity index (χ1v) is 7.75. The summed E-state index contributed by atoms with van der Waals surface area (Å²) in [5.41, 5.74) is 0. The Morgan fingerprint density at radius 2 is 1.53 bits per heavy atom. The highest BCUT2D eigenvalue weighted by Gasteiger charge is 2.08. The van der Waals surface area contributed by atoms with E-state index in [9.17, 15) is 0 Å². The van der Waals surface area contributed by atoms with Crippen molar-refractivity contribution in [1.29, 1.82) is 0 Å². The van der Waals surface area contributed by atoms with Gasteiger partial charge < -0.3 is 10.2 Å². The molecule has 0 radical (unpaired) electrons. The lowest BCUT2D eigenvalue weighted by atomic mass is 10.1. The SMILES string of the molecule is CC(C)NCCCCCCCN1CCCCC1. The average Bonchev–Trinajstić information content (AvgIpc) is 2.33. The first kappa shape index (κ1) is 15.0. The number of nitrogens with one attached hydrogen (secondary N) is 1. The van der Waals surface area contributed by atoms with Crippen molar-refractivity contribution in [1.82, 2.24) is 10.2 Å². The molecule has 1 aliphatic rings. The Labute approximate surface area is 108 Å². The first-order chi connectivity index (χ1) is 8.29. The molecule has 0 amide bonds. The minimum absolute atomic E-state index is 0.647. The van der Waals surface area contributed by atoms with Crippen LogP contribution in [0.3, 0.4) is 0 Å². The number of rotatable bonds is 9. The van der Waals surface area contributed by atoms with Crippen molar-refractivity contribution in [3.8, 4) is 0 Å². The summed E-state index contributed by atoms with van der Waals surface area (Å²) in [7, 11) is 0. The maximum absolute atomic E-state index is 3.48. The number of hydrogen-bond donors (Lipinski definition) is 1. The molecule has 0 saturated carbocycles. The second-order valence-electron chi connectivity index (χ2n) is 5.78.